The lowest BCUT2D eigenvalue weighted by atomic mass is 9.53. The van der Waals surface area contributed by atoms with Crippen LogP contribution < -0.4 is 0 Å². The molecule has 23 heavy (non-hydrogen) atoms. The van der Waals surface area contributed by atoms with E-state index in [1.165, 1.54) is 11.1 Å². The number of carbonyl (C=O) groups is 1. The molecule has 0 heterocycles. The lowest BCUT2D eigenvalue weighted by molar-refractivity contribution is -0.136. The Bertz CT molecular complexity index is 731. The van der Waals surface area contributed by atoms with Gasteiger partial charge in [0.2, 0.25) is 0 Å². The van der Waals surface area contributed by atoms with Gasteiger partial charge in [-0.05, 0) is 66.7 Å². The van der Waals surface area contributed by atoms with Gasteiger partial charge in [-0.3, -0.25) is 4.79 Å². The molecule has 3 heteroatoms. The number of aryl methyl sites for hydroxylation is 1. The number of phenols is 1. The Labute approximate surface area is 136 Å². The molecule has 0 aliphatic heterocycles. The lowest BCUT2D eigenvalue weighted by Crippen LogP contribution is -2.52. The van der Waals surface area contributed by atoms with E-state index in [2.05, 4.69) is 5.92 Å². The van der Waals surface area contributed by atoms with E-state index in [4.69, 9.17) is 6.42 Å². The molecule has 1 aromatic rings. The van der Waals surface area contributed by atoms with Crippen molar-refractivity contribution in [1.82, 2.24) is 0 Å². The molecule has 120 valence electrons. The number of aliphatic hydroxyl groups is 1. The molecule has 0 saturated heterocycles. The fourth-order valence-electron chi connectivity index (χ4n) is 5.63. The molecule has 4 rings (SSSR count). The van der Waals surface area contributed by atoms with E-state index in [0.29, 0.717) is 24.0 Å². The summed E-state index contributed by atoms with van der Waals surface area (Å²) >= 11 is 0. The molecule has 3 nitrogen and oxygen atoms in total. The van der Waals surface area contributed by atoms with Crippen LogP contribution in [0.3, 0.4) is 0 Å². The summed E-state index contributed by atoms with van der Waals surface area (Å²) in [6, 6.07) is 5.66. The van der Waals surface area contributed by atoms with E-state index in [1.807, 2.05) is 19.1 Å². The van der Waals surface area contributed by atoms with Gasteiger partial charge in [0.1, 0.15) is 5.75 Å². The van der Waals surface area contributed by atoms with Gasteiger partial charge in [0.05, 0.1) is 0 Å². The fourth-order valence-corrected chi connectivity index (χ4v) is 5.63. The number of terminal acetylenes is 1. The van der Waals surface area contributed by atoms with Gasteiger partial charge in [-0.2, -0.15) is 0 Å². The predicted molar refractivity (Wildman–Crippen MR) is 86.9 cm³/mol. The van der Waals surface area contributed by atoms with Crippen LogP contribution in [0.5, 0.6) is 5.75 Å². The standard InChI is InChI=1S/C20H22O3/c1-3-20(23)18(22)11-17-16-6-4-12-10-13(21)5-7-14(12)15(16)8-9-19(17,20)2/h1,5,7,10,15-17,21,23H,4,6,8-9,11H2,2H3/t15-,16-,17+,19+,20+/m0/s1. The van der Waals surface area contributed by atoms with Crippen molar-refractivity contribution in [3.05, 3.63) is 29.3 Å². The summed E-state index contributed by atoms with van der Waals surface area (Å²) in [6.45, 7) is 2.00. The molecule has 3 aliphatic rings. The molecule has 1 aromatic carbocycles. The quantitative estimate of drug-likeness (QED) is 0.725. The molecule has 5 atom stereocenters. The first-order chi connectivity index (χ1) is 10.9. The lowest BCUT2D eigenvalue weighted by Gasteiger charge is -2.51. The third-order valence-corrected chi connectivity index (χ3v) is 6.94. The van der Waals surface area contributed by atoms with Crippen LogP contribution in [0.15, 0.2) is 18.2 Å². The van der Waals surface area contributed by atoms with E-state index >= 15 is 0 Å². The van der Waals surface area contributed by atoms with Crippen LogP contribution >= 0.6 is 0 Å². The van der Waals surface area contributed by atoms with E-state index in [9.17, 15) is 15.0 Å². The van der Waals surface area contributed by atoms with Crippen LogP contribution in [0, 0.1) is 29.6 Å². The van der Waals surface area contributed by atoms with E-state index in [0.717, 1.165) is 25.7 Å². The van der Waals surface area contributed by atoms with E-state index in [1.54, 1.807) is 6.07 Å². The Balaban J connectivity index is 1.75. The summed E-state index contributed by atoms with van der Waals surface area (Å²) in [7, 11) is 0. The summed E-state index contributed by atoms with van der Waals surface area (Å²) in [4.78, 5) is 12.4. The Morgan fingerprint density at radius 3 is 2.87 bits per heavy atom. The van der Waals surface area contributed by atoms with Gasteiger partial charge in [-0.1, -0.05) is 18.9 Å². The maximum atomic E-state index is 12.4. The summed E-state index contributed by atoms with van der Waals surface area (Å²) in [5, 5.41) is 20.5. The highest BCUT2D eigenvalue weighted by atomic mass is 16.3. The molecule has 0 bridgehead atoms. The molecule has 2 fully saturated rings. The van der Waals surface area contributed by atoms with Gasteiger partial charge < -0.3 is 10.2 Å². The number of hydrogen-bond acceptors (Lipinski definition) is 3. The minimum Gasteiger partial charge on any atom is -0.508 e. The predicted octanol–water partition coefficient (Wildman–Crippen LogP) is 2.79. The SMILES string of the molecule is C#C[C@@]1(O)C(=O)C[C@@H]2[C@H]3CCc4cc(O)ccc4[C@@H]3CC[C@]21C. The normalized spacial score (nSPS) is 41.6. The second-order valence-corrected chi connectivity index (χ2v) is 7.74. The van der Waals surface area contributed by atoms with Crippen molar-refractivity contribution in [3.8, 4) is 18.1 Å². The summed E-state index contributed by atoms with van der Waals surface area (Å²) < 4.78 is 0. The summed E-state index contributed by atoms with van der Waals surface area (Å²) in [5.41, 5.74) is 0.433. The van der Waals surface area contributed by atoms with Gasteiger partial charge in [-0.15, -0.1) is 6.42 Å². The highest BCUT2D eigenvalue weighted by Gasteiger charge is 2.65. The Morgan fingerprint density at radius 1 is 1.35 bits per heavy atom. The zero-order chi connectivity index (χ0) is 16.4. The number of benzene rings is 1. The molecule has 0 radical (unpaired) electrons. The summed E-state index contributed by atoms with van der Waals surface area (Å²) in [5.74, 6) is 3.51. The van der Waals surface area contributed by atoms with Crippen LogP contribution in [0.25, 0.3) is 0 Å². The number of fused-ring (bicyclic) bond motifs is 5. The van der Waals surface area contributed by atoms with Crippen LogP contribution in [0.2, 0.25) is 0 Å². The maximum Gasteiger partial charge on any atom is 0.189 e. The van der Waals surface area contributed by atoms with Crippen molar-refractivity contribution < 1.29 is 15.0 Å². The number of ketones is 1. The minimum atomic E-state index is -1.60. The average molecular weight is 310 g/mol. The van der Waals surface area contributed by atoms with Crippen LogP contribution in [0.1, 0.15) is 49.7 Å². The molecule has 0 aromatic heterocycles. The number of rotatable bonds is 0. The van der Waals surface area contributed by atoms with Gasteiger partial charge in [0.15, 0.2) is 11.4 Å². The van der Waals surface area contributed by atoms with Gasteiger partial charge in [-0.25, -0.2) is 0 Å². The number of hydrogen-bond donors (Lipinski definition) is 2. The minimum absolute atomic E-state index is 0.150. The van der Waals surface area contributed by atoms with Crippen LogP contribution in [0.4, 0.5) is 0 Å². The highest BCUT2D eigenvalue weighted by molar-refractivity contribution is 5.94. The van der Waals surface area contributed by atoms with Crippen molar-refractivity contribution in [2.24, 2.45) is 17.3 Å². The zero-order valence-corrected chi connectivity index (χ0v) is 13.4. The van der Waals surface area contributed by atoms with Gasteiger partial charge >= 0.3 is 0 Å². The molecule has 0 amide bonds. The van der Waals surface area contributed by atoms with Gasteiger partial charge in [0.25, 0.3) is 0 Å². The fraction of sp³-hybridized carbons (Fsp3) is 0.550. The smallest absolute Gasteiger partial charge is 0.189 e. The monoisotopic (exact) mass is 310 g/mol. The second kappa shape index (κ2) is 4.61. The largest absolute Gasteiger partial charge is 0.508 e. The molecule has 2 N–H and O–H groups in total. The van der Waals surface area contributed by atoms with Crippen molar-refractivity contribution in [2.45, 2.75) is 50.5 Å². The van der Waals surface area contributed by atoms with Crippen molar-refractivity contribution in [3.63, 3.8) is 0 Å². The molecular weight excluding hydrogens is 288 g/mol. The van der Waals surface area contributed by atoms with E-state index < -0.39 is 11.0 Å². The molecule has 0 unspecified atom stereocenters. The first-order valence-electron chi connectivity index (χ1n) is 8.46. The Hall–Kier alpha value is -1.79. The van der Waals surface area contributed by atoms with Crippen LogP contribution in [-0.4, -0.2) is 21.6 Å². The second-order valence-electron chi connectivity index (χ2n) is 7.74. The number of phenolic OH excluding ortho intramolecular Hbond substituents is 1. The average Bonchev–Trinajstić information content (AvgIpc) is 2.75. The van der Waals surface area contributed by atoms with Crippen molar-refractivity contribution >= 4 is 5.78 Å². The third-order valence-electron chi connectivity index (χ3n) is 6.94. The molecule has 0 spiro atoms. The third kappa shape index (κ3) is 1.73. The molecule has 3 aliphatic carbocycles. The molecule has 2 saturated carbocycles. The van der Waals surface area contributed by atoms with Crippen molar-refractivity contribution in [1.29, 1.82) is 0 Å². The first-order valence-corrected chi connectivity index (χ1v) is 8.46. The first kappa shape index (κ1) is 14.8. The number of carbonyl (C=O) groups excluding carboxylic acids is 1. The van der Waals surface area contributed by atoms with Crippen LogP contribution in [-0.2, 0) is 11.2 Å². The highest BCUT2D eigenvalue weighted by Crippen LogP contribution is 2.63. The number of aromatic hydroxyl groups is 1. The van der Waals surface area contributed by atoms with E-state index in [-0.39, 0.29) is 11.7 Å². The summed E-state index contributed by atoms with van der Waals surface area (Å²) in [6.07, 6.45) is 9.58. The molecular formula is C20H22O3. The van der Waals surface area contributed by atoms with Crippen molar-refractivity contribution in [2.75, 3.05) is 0 Å². The maximum absolute atomic E-state index is 12.4. The van der Waals surface area contributed by atoms with Gasteiger partial charge in [0, 0.05) is 11.8 Å². The topological polar surface area (TPSA) is 57.5 Å². The Kier molecular flexibility index (Phi) is 2.96. The zero-order valence-electron chi connectivity index (χ0n) is 13.4. The Morgan fingerprint density at radius 2 is 2.13 bits per heavy atom. The number of Topliss-reactive ketones (excluding diaryl/α,β-unsaturated/α-hetero) is 1.